The van der Waals surface area contributed by atoms with E-state index in [9.17, 15) is 4.79 Å². The van der Waals surface area contributed by atoms with E-state index in [1.165, 1.54) is 0 Å². The summed E-state index contributed by atoms with van der Waals surface area (Å²) in [5, 5.41) is 4.16. The minimum Gasteiger partial charge on any atom is -0.383 e. The average Bonchev–Trinajstić information content (AvgIpc) is 3.14. The zero-order valence-electron chi connectivity index (χ0n) is 14.1. The molecule has 0 aliphatic carbocycles. The third-order valence-corrected chi connectivity index (χ3v) is 3.80. The van der Waals surface area contributed by atoms with Crippen molar-refractivity contribution in [3.8, 4) is 0 Å². The van der Waals surface area contributed by atoms with E-state index in [-0.39, 0.29) is 5.91 Å². The highest BCUT2D eigenvalue weighted by Crippen LogP contribution is 2.12. The molecule has 0 atom stereocenters. The molecule has 7 nitrogen and oxygen atoms in total. The van der Waals surface area contributed by atoms with Gasteiger partial charge in [-0.2, -0.15) is 5.10 Å². The van der Waals surface area contributed by atoms with Crippen molar-refractivity contribution in [1.82, 2.24) is 24.1 Å². The Labute approximate surface area is 140 Å². The third-order valence-electron chi connectivity index (χ3n) is 3.80. The number of fused-ring (bicyclic) bond motifs is 1. The Morgan fingerprint density at radius 3 is 2.83 bits per heavy atom. The molecule has 0 unspecified atom stereocenters. The number of ether oxygens (including phenoxy) is 1. The van der Waals surface area contributed by atoms with Crippen LogP contribution in [0.15, 0.2) is 36.9 Å². The van der Waals surface area contributed by atoms with E-state index >= 15 is 0 Å². The van der Waals surface area contributed by atoms with Gasteiger partial charge in [0, 0.05) is 51.4 Å². The fraction of sp³-hybridized carbons (Fsp3) is 0.353. The van der Waals surface area contributed by atoms with E-state index < -0.39 is 0 Å². The summed E-state index contributed by atoms with van der Waals surface area (Å²) in [6.45, 7) is 3.43. The number of imidazole rings is 1. The van der Waals surface area contributed by atoms with Gasteiger partial charge in [-0.1, -0.05) is 0 Å². The maximum atomic E-state index is 12.9. The van der Waals surface area contributed by atoms with E-state index in [1.54, 1.807) is 22.9 Å². The Hall–Kier alpha value is -2.67. The van der Waals surface area contributed by atoms with Gasteiger partial charge in [0.1, 0.15) is 5.65 Å². The van der Waals surface area contributed by atoms with Crippen molar-refractivity contribution in [3.05, 3.63) is 53.7 Å². The molecule has 24 heavy (non-hydrogen) atoms. The number of nitrogens with zero attached hydrogens (tertiary/aromatic N) is 5. The largest absolute Gasteiger partial charge is 0.383 e. The van der Waals surface area contributed by atoms with Crippen LogP contribution in [0.3, 0.4) is 0 Å². The Balaban J connectivity index is 1.85. The molecule has 0 aromatic carbocycles. The van der Waals surface area contributed by atoms with E-state index in [2.05, 4.69) is 10.1 Å². The number of methoxy groups -OCH3 is 1. The van der Waals surface area contributed by atoms with E-state index in [0.29, 0.717) is 25.3 Å². The summed E-state index contributed by atoms with van der Waals surface area (Å²) in [5.41, 5.74) is 3.37. The molecule has 0 N–H and O–H groups in total. The standard InChI is InChI=1S/C17H21N5O2/c1-13-9-22-12-15(4-5-16(22)19-13)17(23)21(6-7-24-3)11-14-8-18-20(2)10-14/h4-5,8-10,12H,6-7,11H2,1-3H3. The maximum absolute atomic E-state index is 12.9. The molecule has 0 radical (unpaired) electrons. The topological polar surface area (TPSA) is 64.7 Å². The van der Waals surface area contributed by atoms with Gasteiger partial charge in [0.25, 0.3) is 5.91 Å². The molecule has 0 saturated carbocycles. The number of hydrogen-bond donors (Lipinski definition) is 0. The molecular weight excluding hydrogens is 306 g/mol. The van der Waals surface area contributed by atoms with Gasteiger partial charge in [0.2, 0.25) is 0 Å². The van der Waals surface area contributed by atoms with Crippen LogP contribution in [-0.4, -0.2) is 50.2 Å². The summed E-state index contributed by atoms with van der Waals surface area (Å²) in [5.74, 6) is -0.0378. The normalized spacial score (nSPS) is 11.1. The van der Waals surface area contributed by atoms with Gasteiger partial charge in [-0.25, -0.2) is 4.98 Å². The number of amides is 1. The molecule has 0 bridgehead atoms. The number of rotatable bonds is 6. The van der Waals surface area contributed by atoms with Crippen LogP contribution in [0.5, 0.6) is 0 Å². The van der Waals surface area contributed by atoms with Gasteiger partial charge in [-0.05, 0) is 19.1 Å². The molecule has 0 saturated heterocycles. The van der Waals surface area contributed by atoms with Gasteiger partial charge in [-0.3, -0.25) is 9.48 Å². The molecule has 3 heterocycles. The fourth-order valence-corrected chi connectivity index (χ4v) is 2.66. The second-order valence-electron chi connectivity index (χ2n) is 5.81. The van der Waals surface area contributed by atoms with Crippen molar-refractivity contribution in [2.24, 2.45) is 7.05 Å². The lowest BCUT2D eigenvalue weighted by Crippen LogP contribution is -2.33. The predicted octanol–water partition coefficient (Wildman–Crippen LogP) is 1.67. The van der Waals surface area contributed by atoms with Crippen LogP contribution in [0.2, 0.25) is 0 Å². The molecule has 7 heteroatoms. The van der Waals surface area contributed by atoms with Crippen LogP contribution >= 0.6 is 0 Å². The van der Waals surface area contributed by atoms with Gasteiger partial charge >= 0.3 is 0 Å². The molecule has 3 aromatic rings. The van der Waals surface area contributed by atoms with E-state index in [4.69, 9.17) is 4.74 Å². The van der Waals surface area contributed by atoms with Crippen molar-refractivity contribution in [3.63, 3.8) is 0 Å². The fourth-order valence-electron chi connectivity index (χ4n) is 2.66. The second-order valence-corrected chi connectivity index (χ2v) is 5.81. The Bertz CT molecular complexity index is 852. The smallest absolute Gasteiger partial charge is 0.255 e. The van der Waals surface area contributed by atoms with Crippen molar-refractivity contribution in [1.29, 1.82) is 0 Å². The molecule has 0 aliphatic rings. The Morgan fingerprint density at radius 2 is 2.12 bits per heavy atom. The van der Waals surface area contributed by atoms with Crippen molar-refractivity contribution in [2.75, 3.05) is 20.3 Å². The molecule has 3 rings (SSSR count). The highest BCUT2D eigenvalue weighted by molar-refractivity contribution is 5.94. The van der Waals surface area contributed by atoms with Crippen LogP contribution in [0, 0.1) is 6.92 Å². The van der Waals surface area contributed by atoms with E-state index in [0.717, 1.165) is 16.9 Å². The lowest BCUT2D eigenvalue weighted by atomic mass is 10.2. The zero-order chi connectivity index (χ0) is 17.1. The zero-order valence-corrected chi connectivity index (χ0v) is 14.1. The summed E-state index contributed by atoms with van der Waals surface area (Å²) in [4.78, 5) is 19.1. The monoisotopic (exact) mass is 327 g/mol. The van der Waals surface area contributed by atoms with Gasteiger partial charge in [-0.15, -0.1) is 0 Å². The lowest BCUT2D eigenvalue weighted by Gasteiger charge is -2.22. The molecule has 1 amide bonds. The average molecular weight is 327 g/mol. The number of carbonyl (C=O) groups is 1. The maximum Gasteiger partial charge on any atom is 0.255 e. The Morgan fingerprint density at radius 1 is 1.29 bits per heavy atom. The molecule has 3 aromatic heterocycles. The summed E-state index contributed by atoms with van der Waals surface area (Å²) in [6.07, 6.45) is 7.42. The number of aromatic nitrogens is 4. The summed E-state index contributed by atoms with van der Waals surface area (Å²) in [7, 11) is 3.49. The van der Waals surface area contributed by atoms with Gasteiger partial charge in [0.05, 0.1) is 24.1 Å². The first-order valence-corrected chi connectivity index (χ1v) is 7.78. The quantitative estimate of drug-likeness (QED) is 0.691. The first-order chi connectivity index (χ1) is 11.6. The lowest BCUT2D eigenvalue weighted by molar-refractivity contribution is 0.0680. The number of carbonyl (C=O) groups excluding carboxylic acids is 1. The third kappa shape index (κ3) is 3.46. The minimum absolute atomic E-state index is 0.0378. The van der Waals surface area contributed by atoms with Crippen LogP contribution in [0.4, 0.5) is 0 Å². The summed E-state index contributed by atoms with van der Waals surface area (Å²) < 4.78 is 8.75. The Kier molecular flexibility index (Phi) is 4.61. The van der Waals surface area contributed by atoms with Crippen LogP contribution in [0.25, 0.3) is 5.65 Å². The minimum atomic E-state index is -0.0378. The molecule has 0 aliphatic heterocycles. The van der Waals surface area contributed by atoms with Crippen molar-refractivity contribution in [2.45, 2.75) is 13.5 Å². The van der Waals surface area contributed by atoms with Crippen molar-refractivity contribution < 1.29 is 9.53 Å². The second kappa shape index (κ2) is 6.84. The van der Waals surface area contributed by atoms with Gasteiger partial charge < -0.3 is 14.0 Å². The summed E-state index contributed by atoms with van der Waals surface area (Å²) in [6, 6.07) is 3.67. The summed E-state index contributed by atoms with van der Waals surface area (Å²) >= 11 is 0. The first-order valence-electron chi connectivity index (χ1n) is 7.78. The molecule has 126 valence electrons. The highest BCUT2D eigenvalue weighted by Gasteiger charge is 2.17. The molecule has 0 spiro atoms. The number of aryl methyl sites for hydroxylation is 2. The SMILES string of the molecule is COCCN(Cc1cnn(C)c1)C(=O)c1ccc2nc(C)cn2c1. The van der Waals surface area contributed by atoms with Crippen LogP contribution in [-0.2, 0) is 18.3 Å². The predicted molar refractivity (Wildman–Crippen MR) is 89.8 cm³/mol. The number of hydrogen-bond acceptors (Lipinski definition) is 4. The van der Waals surface area contributed by atoms with E-state index in [1.807, 2.05) is 49.1 Å². The number of pyridine rings is 1. The van der Waals surface area contributed by atoms with Gasteiger partial charge in [0.15, 0.2) is 0 Å². The molecule has 0 fully saturated rings. The van der Waals surface area contributed by atoms with Crippen molar-refractivity contribution >= 4 is 11.6 Å². The first kappa shape index (κ1) is 16.2. The van der Waals surface area contributed by atoms with Crippen LogP contribution in [0.1, 0.15) is 21.6 Å². The molecular formula is C17H21N5O2. The highest BCUT2D eigenvalue weighted by atomic mass is 16.5. The van der Waals surface area contributed by atoms with Crippen LogP contribution < -0.4 is 0 Å².